The highest BCUT2D eigenvalue weighted by Crippen LogP contribution is 2.33. The number of benzene rings is 3. The van der Waals surface area contributed by atoms with E-state index in [1.165, 1.54) is 6.92 Å². The van der Waals surface area contributed by atoms with Gasteiger partial charge in [-0.1, -0.05) is 48.0 Å². The Kier molecular flexibility index (Phi) is 8.88. The second-order valence-electron chi connectivity index (χ2n) is 10.6. The molecule has 3 aromatic carbocycles. The number of carbonyl (C=O) groups is 3. The van der Waals surface area contributed by atoms with E-state index in [1.54, 1.807) is 17.8 Å². The van der Waals surface area contributed by atoms with Gasteiger partial charge in [0.2, 0.25) is 5.78 Å². The molecule has 0 amide bonds. The summed E-state index contributed by atoms with van der Waals surface area (Å²) in [7, 11) is 0. The molecule has 0 saturated heterocycles. The van der Waals surface area contributed by atoms with E-state index in [9.17, 15) is 14.4 Å². The zero-order valence-corrected chi connectivity index (χ0v) is 25.2. The van der Waals surface area contributed by atoms with E-state index < -0.39 is 5.97 Å². The molecule has 0 radical (unpaired) electrons. The van der Waals surface area contributed by atoms with Gasteiger partial charge in [-0.25, -0.2) is 4.79 Å². The first-order valence-electron chi connectivity index (χ1n) is 14.2. The Morgan fingerprint density at radius 3 is 2.29 bits per heavy atom. The summed E-state index contributed by atoms with van der Waals surface area (Å²) >= 11 is 1.63. The topological polar surface area (TPSA) is 77.7 Å². The molecule has 214 valence electrons. The van der Waals surface area contributed by atoms with Crippen LogP contribution in [0.5, 0.6) is 0 Å². The van der Waals surface area contributed by atoms with E-state index >= 15 is 0 Å². The van der Waals surface area contributed by atoms with Crippen molar-refractivity contribution in [2.24, 2.45) is 5.16 Å². The quantitative estimate of drug-likeness (QED) is 0.0621. The monoisotopic (exact) mass is 578 g/mol. The molecule has 42 heavy (non-hydrogen) atoms. The van der Waals surface area contributed by atoms with Crippen LogP contribution in [0.15, 0.2) is 100 Å². The molecule has 1 atom stereocenters. The van der Waals surface area contributed by atoms with Crippen LogP contribution in [-0.4, -0.2) is 33.1 Å². The molecule has 4 aromatic rings. The van der Waals surface area contributed by atoms with E-state index in [2.05, 4.69) is 16.6 Å². The number of carbonyl (C=O) groups excluding carboxylic acids is 3. The van der Waals surface area contributed by atoms with Crippen LogP contribution in [0.1, 0.15) is 67.7 Å². The third kappa shape index (κ3) is 6.16. The lowest BCUT2D eigenvalue weighted by Gasteiger charge is -2.12. The lowest BCUT2D eigenvalue weighted by atomic mass is 9.92. The fourth-order valence-corrected chi connectivity index (χ4v) is 6.45. The number of nitrogens with zero attached hydrogens (tertiary/aromatic N) is 2. The molecule has 0 saturated carbocycles. The Labute approximate surface area is 250 Å². The minimum Gasteiger partial charge on any atom is -0.341 e. The van der Waals surface area contributed by atoms with Gasteiger partial charge in [0.05, 0.1) is 0 Å². The number of thioether (sulfide) groups is 1. The van der Waals surface area contributed by atoms with Gasteiger partial charge in [-0.3, -0.25) is 9.59 Å². The molecule has 1 unspecified atom stereocenters. The Bertz CT molecular complexity index is 1780. The number of fused-ring (bicyclic) bond motifs is 3. The molecule has 0 spiro atoms. The fourth-order valence-electron chi connectivity index (χ4n) is 5.43. The molecule has 7 heteroatoms. The standard InChI is InChI=1S/C35H34N2O4S/c1-5-37-32-17-15-25(34(39)28-14-10-9-11-22(28)2)20-29(32)30-21-26(16-18-33(30)37)35(40)31(36-41-24(4)38)19-23(3)42-27-12-7-6-8-13-27/h6-8,10,12-18,20-21,23H,5,9,11,19H2,1-4H3/b36-31+. The Hall–Kier alpha value is -4.23. The summed E-state index contributed by atoms with van der Waals surface area (Å²) in [6, 6.07) is 21.4. The Morgan fingerprint density at radius 2 is 1.64 bits per heavy atom. The number of hydrogen-bond acceptors (Lipinski definition) is 6. The van der Waals surface area contributed by atoms with Crippen molar-refractivity contribution in [2.75, 3.05) is 0 Å². The maximum atomic E-state index is 13.8. The molecule has 0 aliphatic heterocycles. The van der Waals surface area contributed by atoms with Gasteiger partial charge >= 0.3 is 5.97 Å². The minimum absolute atomic E-state index is 0.00989. The molecular formula is C35H34N2O4S. The molecule has 1 aliphatic carbocycles. The van der Waals surface area contributed by atoms with Crippen LogP contribution in [0, 0.1) is 0 Å². The molecule has 0 fully saturated rings. The lowest BCUT2D eigenvalue weighted by molar-refractivity contribution is -0.140. The van der Waals surface area contributed by atoms with E-state index in [0.717, 1.165) is 57.2 Å². The first kappa shape index (κ1) is 29.3. The van der Waals surface area contributed by atoms with Gasteiger partial charge in [-0.05, 0) is 75.2 Å². The van der Waals surface area contributed by atoms with Crippen molar-refractivity contribution in [1.29, 1.82) is 0 Å². The Balaban J connectivity index is 1.53. The molecule has 5 rings (SSSR count). The number of aryl methyl sites for hydroxylation is 1. The Morgan fingerprint density at radius 1 is 0.976 bits per heavy atom. The van der Waals surface area contributed by atoms with E-state index in [-0.39, 0.29) is 22.5 Å². The van der Waals surface area contributed by atoms with E-state index in [0.29, 0.717) is 17.5 Å². The van der Waals surface area contributed by atoms with Crippen LogP contribution >= 0.6 is 11.8 Å². The van der Waals surface area contributed by atoms with Crippen LogP contribution < -0.4 is 0 Å². The molecule has 1 aliphatic rings. The van der Waals surface area contributed by atoms with Crippen LogP contribution in [-0.2, 0) is 16.2 Å². The number of oxime groups is 1. The van der Waals surface area contributed by atoms with Gasteiger partial charge < -0.3 is 9.40 Å². The summed E-state index contributed by atoms with van der Waals surface area (Å²) in [5, 5.41) is 5.79. The number of ketones is 2. The second-order valence-corrected chi connectivity index (χ2v) is 12.1. The van der Waals surface area contributed by atoms with Gasteiger partial charge in [0, 0.05) is 68.5 Å². The average molecular weight is 579 g/mol. The zero-order chi connectivity index (χ0) is 29.8. The molecule has 0 N–H and O–H groups in total. The summed E-state index contributed by atoms with van der Waals surface area (Å²) in [5.41, 5.74) is 5.09. The predicted molar refractivity (Wildman–Crippen MR) is 170 cm³/mol. The molecule has 1 aromatic heterocycles. The number of hydrogen-bond donors (Lipinski definition) is 0. The lowest BCUT2D eigenvalue weighted by Crippen LogP contribution is -2.19. The maximum Gasteiger partial charge on any atom is 0.331 e. The fraction of sp³-hybridized carbons (Fsp3) is 0.257. The molecule has 1 heterocycles. The van der Waals surface area contributed by atoms with Crippen molar-refractivity contribution in [3.63, 3.8) is 0 Å². The zero-order valence-electron chi connectivity index (χ0n) is 24.3. The van der Waals surface area contributed by atoms with Crippen LogP contribution in [0.2, 0.25) is 0 Å². The molecule has 6 nitrogen and oxygen atoms in total. The predicted octanol–water partition coefficient (Wildman–Crippen LogP) is 8.34. The van der Waals surface area contributed by atoms with E-state index in [4.69, 9.17) is 4.84 Å². The number of allylic oxidation sites excluding steroid dienone is 4. The third-order valence-corrected chi connectivity index (χ3v) is 8.60. The van der Waals surface area contributed by atoms with Crippen molar-refractivity contribution < 1.29 is 19.2 Å². The summed E-state index contributed by atoms with van der Waals surface area (Å²) in [6.45, 7) is 8.11. The van der Waals surface area contributed by atoms with Crippen molar-refractivity contribution in [3.05, 3.63) is 101 Å². The van der Waals surface area contributed by atoms with Crippen molar-refractivity contribution in [3.8, 4) is 0 Å². The number of rotatable bonds is 10. The molecule has 0 bridgehead atoms. The highest BCUT2D eigenvalue weighted by atomic mass is 32.2. The van der Waals surface area contributed by atoms with Crippen LogP contribution in [0.25, 0.3) is 21.8 Å². The molecular weight excluding hydrogens is 544 g/mol. The van der Waals surface area contributed by atoms with Gasteiger partial charge in [-0.15, -0.1) is 11.8 Å². The smallest absolute Gasteiger partial charge is 0.331 e. The number of aromatic nitrogens is 1. The highest BCUT2D eigenvalue weighted by Gasteiger charge is 2.22. The largest absolute Gasteiger partial charge is 0.341 e. The van der Waals surface area contributed by atoms with Crippen LogP contribution in [0.4, 0.5) is 0 Å². The summed E-state index contributed by atoms with van der Waals surface area (Å²) in [5.74, 6) is -0.868. The highest BCUT2D eigenvalue weighted by molar-refractivity contribution is 8.00. The van der Waals surface area contributed by atoms with Crippen molar-refractivity contribution in [1.82, 2.24) is 4.57 Å². The first-order valence-corrected chi connectivity index (χ1v) is 15.1. The summed E-state index contributed by atoms with van der Waals surface area (Å²) in [4.78, 5) is 44.9. The third-order valence-electron chi connectivity index (χ3n) is 7.49. The van der Waals surface area contributed by atoms with Gasteiger partial charge in [0.1, 0.15) is 5.71 Å². The van der Waals surface area contributed by atoms with Gasteiger partial charge in [-0.2, -0.15) is 0 Å². The van der Waals surface area contributed by atoms with Crippen molar-refractivity contribution in [2.45, 2.75) is 63.6 Å². The maximum absolute atomic E-state index is 13.8. The van der Waals surface area contributed by atoms with E-state index in [1.807, 2.05) is 86.7 Å². The minimum atomic E-state index is -0.583. The van der Waals surface area contributed by atoms with Crippen LogP contribution in [0.3, 0.4) is 0 Å². The van der Waals surface area contributed by atoms with Gasteiger partial charge in [0.15, 0.2) is 5.78 Å². The van der Waals surface area contributed by atoms with Gasteiger partial charge in [0.25, 0.3) is 0 Å². The summed E-state index contributed by atoms with van der Waals surface area (Å²) in [6.07, 6.45) is 6.14. The summed E-state index contributed by atoms with van der Waals surface area (Å²) < 4.78 is 2.19. The first-order chi connectivity index (χ1) is 20.3. The SMILES string of the molecule is CCn1c2ccc(C(=O)C3=C(C)CCC=C3)cc2c2cc(C(=O)/C(CC(C)Sc3ccccc3)=N/OC(C)=O)ccc21. The second kappa shape index (κ2) is 12.7. The van der Waals surface area contributed by atoms with Crippen molar-refractivity contribution >= 4 is 56.8 Å². The normalized spacial score (nSPS) is 14.4. The average Bonchev–Trinajstić information content (AvgIpc) is 3.31. The number of Topliss-reactive ketones (excluding diaryl/α,β-unsaturated/α-hetero) is 2.